The number of nitrogens with one attached hydrogen (secondary N) is 2. The molecule has 0 radical (unpaired) electrons. The highest BCUT2D eigenvalue weighted by molar-refractivity contribution is 8.00. The maximum atomic E-state index is 14.9. The number of carbonyl (C=O) groups is 2. The average Bonchev–Trinajstić information content (AvgIpc) is 3.85. The molecular formula is C50H53N3O2P2S+2. The lowest BCUT2D eigenvalue weighted by molar-refractivity contribution is -0.130. The first-order chi connectivity index (χ1) is 28.6. The van der Waals surface area contributed by atoms with Gasteiger partial charge in [-0.15, -0.1) is 0 Å². The van der Waals surface area contributed by atoms with E-state index < -0.39 is 14.5 Å². The largest absolute Gasteiger partial charge is 0.335 e. The Morgan fingerprint density at radius 1 is 0.534 bits per heavy atom. The van der Waals surface area contributed by atoms with Crippen molar-refractivity contribution in [3.8, 4) is 0 Å². The van der Waals surface area contributed by atoms with Gasteiger partial charge in [0.2, 0.25) is 5.91 Å². The van der Waals surface area contributed by atoms with Crippen LogP contribution in [0.1, 0.15) is 25.7 Å². The van der Waals surface area contributed by atoms with Crippen LogP contribution in [0.25, 0.3) is 0 Å². The highest BCUT2D eigenvalue weighted by atomic mass is 32.2. The van der Waals surface area contributed by atoms with E-state index in [9.17, 15) is 9.59 Å². The van der Waals surface area contributed by atoms with Gasteiger partial charge in [0.15, 0.2) is 0 Å². The molecule has 58 heavy (non-hydrogen) atoms. The summed E-state index contributed by atoms with van der Waals surface area (Å²) in [7, 11) is -4.35. The molecule has 0 bridgehead atoms. The van der Waals surface area contributed by atoms with Crippen molar-refractivity contribution in [2.45, 2.75) is 43.0 Å². The van der Waals surface area contributed by atoms with Crippen molar-refractivity contribution in [2.24, 2.45) is 0 Å². The number of fused-ring (bicyclic) bond motifs is 1. The molecule has 8 heteroatoms. The Morgan fingerprint density at radius 3 is 1.26 bits per heavy atom. The molecule has 3 atom stereocenters. The third-order valence-corrected chi connectivity index (χ3v) is 22.3. The van der Waals surface area contributed by atoms with Crippen molar-refractivity contribution >= 4 is 70.1 Å². The van der Waals surface area contributed by atoms with E-state index in [2.05, 4.69) is 198 Å². The second-order valence-corrected chi connectivity index (χ2v) is 23.8. The predicted octanol–water partition coefficient (Wildman–Crippen LogP) is 7.53. The molecule has 3 unspecified atom stereocenters. The first-order valence-corrected chi connectivity index (χ1v) is 25.6. The molecule has 2 aliphatic rings. The average molecular weight is 822 g/mol. The van der Waals surface area contributed by atoms with E-state index in [1.54, 1.807) is 0 Å². The molecule has 5 nitrogen and oxygen atoms in total. The fraction of sp³-hybridized carbons (Fsp3) is 0.240. The second kappa shape index (κ2) is 18.9. The summed E-state index contributed by atoms with van der Waals surface area (Å²) in [5.74, 6) is 1.18. The van der Waals surface area contributed by atoms with Crippen molar-refractivity contribution in [3.05, 3.63) is 182 Å². The van der Waals surface area contributed by atoms with Crippen LogP contribution in [0, 0.1) is 0 Å². The van der Waals surface area contributed by atoms with Crippen LogP contribution in [-0.4, -0.2) is 65.3 Å². The summed E-state index contributed by atoms with van der Waals surface area (Å²) in [6, 6.07) is 66.5. The van der Waals surface area contributed by atoms with Gasteiger partial charge in [-0.05, 0) is 85.6 Å². The van der Waals surface area contributed by atoms with Gasteiger partial charge in [-0.25, -0.2) is 4.79 Å². The molecule has 294 valence electrons. The van der Waals surface area contributed by atoms with E-state index in [0.717, 1.165) is 37.3 Å². The fourth-order valence-electron chi connectivity index (χ4n) is 9.09. The zero-order valence-corrected chi connectivity index (χ0v) is 35.6. The van der Waals surface area contributed by atoms with Gasteiger partial charge in [0.05, 0.1) is 37.5 Å². The topological polar surface area (TPSA) is 61.4 Å². The Bertz CT molecular complexity index is 1890. The van der Waals surface area contributed by atoms with Gasteiger partial charge in [0.25, 0.3) is 0 Å². The monoisotopic (exact) mass is 821 g/mol. The third-order valence-electron chi connectivity index (χ3n) is 12.0. The number of unbranched alkanes of at least 4 members (excludes halogenated alkanes) is 1. The quantitative estimate of drug-likeness (QED) is 0.0569. The number of amides is 3. The molecule has 0 aliphatic carbocycles. The van der Waals surface area contributed by atoms with Crippen molar-refractivity contribution in [2.75, 3.05) is 31.2 Å². The third kappa shape index (κ3) is 8.53. The molecule has 2 saturated heterocycles. The van der Waals surface area contributed by atoms with Gasteiger partial charge < -0.3 is 15.5 Å². The maximum absolute atomic E-state index is 14.9. The van der Waals surface area contributed by atoms with Crippen LogP contribution in [0.2, 0.25) is 0 Å². The molecule has 0 aromatic heterocycles. The maximum Gasteiger partial charge on any atom is 0.315 e. The second-order valence-electron chi connectivity index (χ2n) is 15.3. The lowest BCUT2D eigenvalue weighted by atomic mass is 10.0. The highest BCUT2D eigenvalue weighted by Gasteiger charge is 2.48. The van der Waals surface area contributed by atoms with Gasteiger partial charge in [-0.3, -0.25) is 4.79 Å². The number of rotatable bonds is 17. The molecule has 0 saturated carbocycles. The van der Waals surface area contributed by atoms with E-state index in [0.29, 0.717) is 24.8 Å². The Kier molecular flexibility index (Phi) is 13.1. The Hall–Kier alpha value is -4.73. The van der Waals surface area contributed by atoms with Crippen LogP contribution in [0.15, 0.2) is 182 Å². The van der Waals surface area contributed by atoms with E-state index in [-0.39, 0.29) is 24.0 Å². The molecule has 2 heterocycles. The number of nitrogens with zero attached hydrogens (tertiary/aromatic N) is 1. The summed E-state index contributed by atoms with van der Waals surface area (Å²) < 4.78 is 0. The SMILES string of the molecule is O=C1NC2CSC(CCCCC(=O)N(CC[P+](c3ccccc3)(c3ccccc3)c3ccccc3)CC[P+](c3ccccc3)(c3ccccc3)c3ccccc3)C2N1. The highest BCUT2D eigenvalue weighted by Crippen LogP contribution is 2.57. The summed E-state index contributed by atoms with van der Waals surface area (Å²) >= 11 is 1.95. The van der Waals surface area contributed by atoms with Crippen molar-refractivity contribution < 1.29 is 9.59 Å². The molecule has 6 aromatic carbocycles. The minimum Gasteiger partial charge on any atom is -0.335 e. The van der Waals surface area contributed by atoms with Crippen molar-refractivity contribution in [3.63, 3.8) is 0 Å². The van der Waals surface area contributed by atoms with Crippen molar-refractivity contribution in [1.82, 2.24) is 15.5 Å². The van der Waals surface area contributed by atoms with E-state index >= 15 is 0 Å². The van der Waals surface area contributed by atoms with Crippen molar-refractivity contribution in [1.29, 1.82) is 0 Å². The summed E-state index contributed by atoms with van der Waals surface area (Å²) in [4.78, 5) is 29.2. The van der Waals surface area contributed by atoms with Crippen LogP contribution in [0.4, 0.5) is 4.79 Å². The van der Waals surface area contributed by atoms with Gasteiger partial charge >= 0.3 is 6.03 Å². The van der Waals surface area contributed by atoms with Crippen LogP contribution >= 0.6 is 26.3 Å². The van der Waals surface area contributed by atoms with E-state index in [4.69, 9.17) is 0 Å². The summed E-state index contributed by atoms with van der Waals surface area (Å²) in [5, 5.41) is 14.6. The zero-order valence-electron chi connectivity index (χ0n) is 33.0. The first-order valence-electron chi connectivity index (χ1n) is 20.6. The number of thioether (sulfide) groups is 1. The lowest BCUT2D eigenvalue weighted by Crippen LogP contribution is -2.43. The van der Waals surface area contributed by atoms with Crippen LogP contribution in [-0.2, 0) is 4.79 Å². The zero-order chi connectivity index (χ0) is 39.6. The Morgan fingerprint density at radius 2 is 0.897 bits per heavy atom. The van der Waals surface area contributed by atoms with E-state index in [1.165, 1.54) is 31.8 Å². The molecule has 2 N–H and O–H groups in total. The minimum atomic E-state index is -2.17. The summed E-state index contributed by atoms with van der Waals surface area (Å²) in [6.07, 6.45) is 4.99. The first kappa shape index (κ1) is 40.1. The molecule has 3 amide bonds. The molecule has 0 spiro atoms. The van der Waals surface area contributed by atoms with Gasteiger partial charge in [-0.2, -0.15) is 11.8 Å². The van der Waals surface area contributed by atoms with Crippen LogP contribution in [0.5, 0.6) is 0 Å². The molecule has 6 aromatic rings. The Labute approximate surface area is 349 Å². The van der Waals surface area contributed by atoms with Gasteiger partial charge in [0.1, 0.15) is 46.4 Å². The number of carbonyl (C=O) groups excluding carboxylic acids is 2. The minimum absolute atomic E-state index is 0.0491. The lowest BCUT2D eigenvalue weighted by Gasteiger charge is -2.33. The number of urea groups is 1. The standard InChI is InChI=1S/C50H52N3O2P2S/c54-48(34-20-19-33-47-49-46(39-58-47)51-50(55)52-49)53(35-37-56(40-21-7-1-8-22-40,41-23-9-2-10-24-41)42-25-11-3-12-26-42)36-38-57(43-27-13-4-14-28-43,44-29-15-5-16-30-44)45-31-17-6-18-32-45/h1-18,21-32,46-47,49H,19-20,33-39H2,(H-,51,52,55)/q+1/p+1. The number of hydrogen-bond acceptors (Lipinski definition) is 3. The Balaban J connectivity index is 1.13. The van der Waals surface area contributed by atoms with E-state index in [1.807, 2.05) is 11.8 Å². The molecule has 2 aliphatic heterocycles. The van der Waals surface area contributed by atoms with Crippen LogP contribution in [0.3, 0.4) is 0 Å². The van der Waals surface area contributed by atoms with Crippen LogP contribution < -0.4 is 42.5 Å². The summed E-state index contributed by atoms with van der Waals surface area (Å²) in [6.45, 7) is 1.31. The smallest absolute Gasteiger partial charge is 0.315 e. The number of hydrogen-bond donors (Lipinski definition) is 2. The van der Waals surface area contributed by atoms with Gasteiger partial charge in [0, 0.05) is 17.4 Å². The summed E-state index contributed by atoms with van der Waals surface area (Å²) in [5.41, 5.74) is 0. The van der Waals surface area contributed by atoms with Gasteiger partial charge in [-0.1, -0.05) is 116 Å². The molecular weight excluding hydrogens is 769 g/mol. The molecule has 2 fully saturated rings. The number of benzene rings is 6. The normalized spacial score (nSPS) is 17.6. The predicted molar refractivity (Wildman–Crippen MR) is 251 cm³/mol. The molecule has 8 rings (SSSR count). The fourth-order valence-corrected chi connectivity index (χ4v) is 19.1.